The zero-order valence-corrected chi connectivity index (χ0v) is 17.9. The number of anilines is 2. The predicted molar refractivity (Wildman–Crippen MR) is 110 cm³/mol. The Morgan fingerprint density at radius 1 is 1.03 bits per heavy atom. The fourth-order valence-electron chi connectivity index (χ4n) is 2.37. The Balaban J connectivity index is 2.14. The van der Waals surface area contributed by atoms with Crippen LogP contribution in [0.1, 0.15) is 23.7 Å². The second-order valence-corrected chi connectivity index (χ2v) is 9.86. The van der Waals surface area contributed by atoms with Gasteiger partial charge in [0.05, 0.1) is 17.8 Å². The number of carbonyl (C=O) groups is 1. The highest BCUT2D eigenvalue weighted by atomic mass is 32.2. The Hall–Kier alpha value is -2.47. The van der Waals surface area contributed by atoms with Crippen LogP contribution in [0.4, 0.5) is 11.4 Å². The molecule has 0 aliphatic carbocycles. The van der Waals surface area contributed by atoms with E-state index in [9.17, 15) is 21.6 Å². The maximum Gasteiger partial charge on any atom is 0.264 e. The first kappa shape index (κ1) is 22.8. The summed E-state index contributed by atoms with van der Waals surface area (Å²) in [5, 5.41) is 2.64. The number of hydrogen-bond acceptors (Lipinski definition) is 6. The third-order valence-electron chi connectivity index (χ3n) is 3.88. The highest BCUT2D eigenvalue weighted by Gasteiger charge is 2.22. The average Bonchev–Trinajstić information content (AvgIpc) is 2.68. The molecule has 9 nitrogen and oxygen atoms in total. The molecule has 0 atom stereocenters. The van der Waals surface area contributed by atoms with Gasteiger partial charge >= 0.3 is 0 Å². The lowest BCUT2D eigenvalue weighted by Gasteiger charge is -2.14. The summed E-state index contributed by atoms with van der Waals surface area (Å²) in [6, 6.07) is 11.7. The molecule has 2 aromatic carbocycles. The SMILES string of the molecule is CCCS(=O)(=O)Nc1ccc(NC(=O)c2cccc(S(=O)(=O)N(C)OC)c2)cc1. The zero-order valence-electron chi connectivity index (χ0n) is 16.2. The van der Waals surface area contributed by atoms with Gasteiger partial charge < -0.3 is 5.32 Å². The lowest BCUT2D eigenvalue weighted by Crippen LogP contribution is -2.26. The predicted octanol–water partition coefficient (Wildman–Crippen LogP) is 2.27. The van der Waals surface area contributed by atoms with Crippen LogP contribution in [-0.4, -0.2) is 47.1 Å². The minimum atomic E-state index is -3.88. The van der Waals surface area contributed by atoms with Gasteiger partial charge in [-0.2, -0.15) is 0 Å². The molecule has 2 N–H and O–H groups in total. The Morgan fingerprint density at radius 2 is 1.66 bits per heavy atom. The van der Waals surface area contributed by atoms with Crippen LogP contribution in [0, 0.1) is 0 Å². The maximum atomic E-state index is 12.5. The lowest BCUT2D eigenvalue weighted by atomic mass is 10.2. The molecule has 158 valence electrons. The van der Waals surface area contributed by atoms with Gasteiger partial charge in [-0.25, -0.2) is 16.8 Å². The van der Waals surface area contributed by atoms with Gasteiger partial charge in [-0.1, -0.05) is 17.5 Å². The number of hydroxylamine groups is 1. The van der Waals surface area contributed by atoms with Crippen molar-refractivity contribution in [2.45, 2.75) is 18.2 Å². The quantitative estimate of drug-likeness (QED) is 0.576. The van der Waals surface area contributed by atoms with E-state index >= 15 is 0 Å². The Morgan fingerprint density at radius 3 is 2.24 bits per heavy atom. The van der Waals surface area contributed by atoms with Crippen molar-refractivity contribution in [3.8, 4) is 0 Å². The molecule has 0 aliphatic heterocycles. The third kappa shape index (κ3) is 6.00. The van der Waals surface area contributed by atoms with Gasteiger partial charge in [0.15, 0.2) is 0 Å². The molecule has 2 rings (SSSR count). The molecule has 0 radical (unpaired) electrons. The molecular weight excluding hydrogens is 418 g/mol. The number of hydrogen-bond donors (Lipinski definition) is 2. The highest BCUT2D eigenvalue weighted by Crippen LogP contribution is 2.19. The van der Waals surface area contributed by atoms with Crippen molar-refractivity contribution in [3.63, 3.8) is 0 Å². The van der Waals surface area contributed by atoms with Crippen LogP contribution in [0.3, 0.4) is 0 Å². The minimum Gasteiger partial charge on any atom is -0.322 e. The monoisotopic (exact) mass is 441 g/mol. The van der Waals surface area contributed by atoms with Crippen LogP contribution in [0.25, 0.3) is 0 Å². The van der Waals surface area contributed by atoms with E-state index in [2.05, 4.69) is 10.0 Å². The molecule has 0 bridgehead atoms. The lowest BCUT2D eigenvalue weighted by molar-refractivity contribution is -0.0258. The van der Waals surface area contributed by atoms with Gasteiger partial charge in [-0.3, -0.25) is 14.4 Å². The van der Waals surface area contributed by atoms with Crippen LogP contribution < -0.4 is 10.0 Å². The zero-order chi connectivity index (χ0) is 21.7. The second-order valence-electron chi connectivity index (χ2n) is 6.08. The summed E-state index contributed by atoms with van der Waals surface area (Å²) in [7, 11) is -4.81. The molecule has 0 unspecified atom stereocenters. The van der Waals surface area contributed by atoms with E-state index < -0.39 is 26.0 Å². The highest BCUT2D eigenvalue weighted by molar-refractivity contribution is 7.92. The van der Waals surface area contributed by atoms with Crippen molar-refractivity contribution in [1.29, 1.82) is 0 Å². The summed E-state index contributed by atoms with van der Waals surface area (Å²) in [5.74, 6) is -0.496. The van der Waals surface area contributed by atoms with Crippen LogP contribution in [0.2, 0.25) is 0 Å². The molecule has 0 fully saturated rings. The van der Waals surface area contributed by atoms with Gasteiger partial charge in [0.2, 0.25) is 10.0 Å². The van der Waals surface area contributed by atoms with Gasteiger partial charge in [-0.05, 0) is 48.9 Å². The molecule has 11 heteroatoms. The van der Waals surface area contributed by atoms with Crippen molar-refractivity contribution in [1.82, 2.24) is 4.47 Å². The fourth-order valence-corrected chi connectivity index (χ4v) is 4.52. The summed E-state index contributed by atoms with van der Waals surface area (Å²) in [6.45, 7) is 1.77. The van der Waals surface area contributed by atoms with Crippen molar-refractivity contribution in [2.75, 3.05) is 29.9 Å². The standard InChI is InChI=1S/C18H23N3O6S2/c1-4-12-28(23,24)20-16-10-8-15(9-11-16)19-18(22)14-6-5-7-17(13-14)29(25,26)21(2)27-3/h5-11,13,20H,4,12H2,1-3H3,(H,19,22). The van der Waals surface area contributed by atoms with Crippen LogP contribution in [0.15, 0.2) is 53.4 Å². The second kappa shape index (κ2) is 9.35. The molecule has 0 heterocycles. The first-order valence-corrected chi connectivity index (χ1v) is 11.7. The van der Waals surface area contributed by atoms with E-state index in [1.165, 1.54) is 50.6 Å². The van der Waals surface area contributed by atoms with Crippen LogP contribution in [0.5, 0.6) is 0 Å². The first-order chi connectivity index (χ1) is 13.6. The minimum absolute atomic E-state index is 0.0169. The normalized spacial score (nSPS) is 12.0. The van der Waals surface area contributed by atoms with E-state index in [4.69, 9.17) is 4.84 Å². The van der Waals surface area contributed by atoms with Gasteiger partial charge in [0, 0.05) is 24.0 Å². The average molecular weight is 442 g/mol. The Kier molecular flexibility index (Phi) is 7.36. The fraction of sp³-hybridized carbons (Fsp3) is 0.278. The van der Waals surface area contributed by atoms with E-state index in [1.54, 1.807) is 19.1 Å². The molecule has 0 spiro atoms. The molecule has 1 amide bonds. The van der Waals surface area contributed by atoms with Crippen molar-refractivity contribution < 1.29 is 26.5 Å². The van der Waals surface area contributed by atoms with E-state index in [1.807, 2.05) is 0 Å². The van der Waals surface area contributed by atoms with E-state index in [0.29, 0.717) is 22.3 Å². The van der Waals surface area contributed by atoms with Gasteiger partial charge in [0.25, 0.3) is 15.9 Å². The number of sulfonamides is 2. The summed E-state index contributed by atoms with van der Waals surface area (Å²) < 4.78 is 51.3. The number of benzene rings is 2. The van der Waals surface area contributed by atoms with Gasteiger partial charge in [-0.15, -0.1) is 0 Å². The molecule has 0 saturated carbocycles. The van der Waals surface area contributed by atoms with Gasteiger partial charge in [0.1, 0.15) is 0 Å². The van der Waals surface area contributed by atoms with Crippen molar-refractivity contribution in [3.05, 3.63) is 54.1 Å². The maximum absolute atomic E-state index is 12.5. The van der Waals surface area contributed by atoms with Crippen molar-refractivity contribution in [2.24, 2.45) is 0 Å². The largest absolute Gasteiger partial charge is 0.322 e. The summed E-state index contributed by atoms with van der Waals surface area (Å²) in [5.41, 5.74) is 0.950. The molecule has 0 saturated heterocycles. The molecular formula is C18H23N3O6S2. The van der Waals surface area contributed by atoms with Crippen LogP contribution >= 0.6 is 0 Å². The molecule has 2 aromatic rings. The molecule has 0 aromatic heterocycles. The third-order valence-corrected chi connectivity index (χ3v) is 7.05. The van der Waals surface area contributed by atoms with E-state index in [0.717, 1.165) is 0 Å². The summed E-state index contributed by atoms with van der Waals surface area (Å²) in [6.07, 6.45) is 0.498. The smallest absolute Gasteiger partial charge is 0.264 e. The Bertz CT molecular complexity index is 1070. The number of carbonyl (C=O) groups excluding carboxylic acids is 1. The van der Waals surface area contributed by atoms with E-state index in [-0.39, 0.29) is 16.2 Å². The van der Waals surface area contributed by atoms with Crippen LogP contribution in [-0.2, 0) is 24.9 Å². The Labute approximate surface area is 170 Å². The number of amides is 1. The molecule has 0 aliphatic rings. The topological polar surface area (TPSA) is 122 Å². The number of nitrogens with zero attached hydrogens (tertiary/aromatic N) is 1. The number of nitrogens with one attached hydrogen (secondary N) is 2. The summed E-state index contributed by atoms with van der Waals surface area (Å²) in [4.78, 5) is 17.1. The summed E-state index contributed by atoms with van der Waals surface area (Å²) >= 11 is 0. The van der Waals surface area contributed by atoms with Crippen molar-refractivity contribution >= 4 is 37.3 Å². The molecule has 29 heavy (non-hydrogen) atoms. The number of rotatable bonds is 9. The first-order valence-electron chi connectivity index (χ1n) is 8.64.